The number of pyridine rings is 1. The van der Waals surface area contributed by atoms with Crippen molar-refractivity contribution in [3.63, 3.8) is 0 Å². The number of rotatable bonds is 4. The first-order chi connectivity index (χ1) is 13.7. The zero-order chi connectivity index (χ0) is 19.1. The summed E-state index contributed by atoms with van der Waals surface area (Å²) in [6.07, 6.45) is 3.73. The van der Waals surface area contributed by atoms with Crippen molar-refractivity contribution in [2.75, 3.05) is 32.8 Å². The molecular weight excluding hydrogens is 376 g/mol. The van der Waals surface area contributed by atoms with Crippen LogP contribution in [0.3, 0.4) is 0 Å². The van der Waals surface area contributed by atoms with Crippen LogP contribution in [0.15, 0.2) is 40.8 Å². The van der Waals surface area contributed by atoms with Crippen molar-refractivity contribution >= 4 is 32.3 Å². The van der Waals surface area contributed by atoms with Crippen LogP contribution >= 0.6 is 11.3 Å². The number of hydrogen-bond acceptors (Lipinski definition) is 6. The third-order valence-electron chi connectivity index (χ3n) is 5.24. The number of H-pyrrole nitrogens is 1. The molecule has 1 saturated heterocycles. The summed E-state index contributed by atoms with van der Waals surface area (Å²) in [4.78, 5) is 17.6. The standard InChI is InChI=1S/C20H20N4O3S/c25-16-2-1-15-18(14-3-10-28-19(14)20(26)22-15)17(16)13-11-21-24(12-13)5-4-23-6-8-27-9-7-23/h1-3,10-12,25H,4-9H2,(H,22,26). The van der Waals surface area contributed by atoms with Crippen LogP contribution in [0.1, 0.15) is 0 Å². The minimum atomic E-state index is -0.102. The first-order valence-corrected chi connectivity index (χ1v) is 10.2. The predicted molar refractivity (Wildman–Crippen MR) is 110 cm³/mol. The van der Waals surface area contributed by atoms with E-state index in [1.54, 1.807) is 18.3 Å². The lowest BCUT2D eigenvalue weighted by Gasteiger charge is -2.26. The highest BCUT2D eigenvalue weighted by atomic mass is 32.1. The van der Waals surface area contributed by atoms with E-state index < -0.39 is 0 Å². The van der Waals surface area contributed by atoms with E-state index in [2.05, 4.69) is 15.0 Å². The topological polar surface area (TPSA) is 83.4 Å². The van der Waals surface area contributed by atoms with Crippen molar-refractivity contribution in [2.24, 2.45) is 0 Å². The summed E-state index contributed by atoms with van der Waals surface area (Å²) in [5, 5.41) is 18.7. The predicted octanol–water partition coefficient (Wildman–Crippen LogP) is 2.64. The number of nitrogens with one attached hydrogen (secondary N) is 1. The third kappa shape index (κ3) is 2.99. The van der Waals surface area contributed by atoms with Gasteiger partial charge in [0.2, 0.25) is 0 Å². The molecule has 2 N–H and O–H groups in total. The molecule has 0 spiro atoms. The van der Waals surface area contributed by atoms with E-state index in [1.807, 2.05) is 22.3 Å². The number of aromatic hydroxyl groups is 1. The van der Waals surface area contributed by atoms with Gasteiger partial charge in [-0.3, -0.25) is 14.4 Å². The van der Waals surface area contributed by atoms with Gasteiger partial charge in [-0.2, -0.15) is 5.10 Å². The minimum absolute atomic E-state index is 0.102. The van der Waals surface area contributed by atoms with E-state index in [0.717, 1.165) is 55.7 Å². The lowest BCUT2D eigenvalue weighted by atomic mass is 10.00. The number of fused-ring (bicyclic) bond motifs is 3. The maximum Gasteiger partial charge on any atom is 0.266 e. The maximum absolute atomic E-state index is 12.3. The molecule has 0 amide bonds. The molecular formula is C20H20N4O3S. The van der Waals surface area contributed by atoms with Gasteiger partial charge in [0.05, 0.1) is 26.0 Å². The number of benzene rings is 1. The van der Waals surface area contributed by atoms with Crippen molar-refractivity contribution in [2.45, 2.75) is 6.54 Å². The second kappa shape index (κ2) is 7.05. The Kier molecular flexibility index (Phi) is 4.38. The zero-order valence-electron chi connectivity index (χ0n) is 15.2. The molecule has 0 radical (unpaired) electrons. The van der Waals surface area contributed by atoms with Crippen molar-refractivity contribution in [1.29, 1.82) is 0 Å². The van der Waals surface area contributed by atoms with E-state index in [0.29, 0.717) is 15.8 Å². The van der Waals surface area contributed by atoms with Gasteiger partial charge in [0, 0.05) is 53.2 Å². The molecule has 0 unspecified atom stereocenters. The van der Waals surface area contributed by atoms with Crippen LogP contribution in [0.5, 0.6) is 5.75 Å². The first-order valence-electron chi connectivity index (χ1n) is 9.29. The van der Waals surface area contributed by atoms with Crippen molar-refractivity contribution in [3.8, 4) is 16.9 Å². The third-order valence-corrected chi connectivity index (χ3v) is 6.16. The smallest absolute Gasteiger partial charge is 0.266 e. The summed E-state index contributed by atoms with van der Waals surface area (Å²) in [6, 6.07) is 5.30. The number of hydrogen-bond donors (Lipinski definition) is 2. The Bertz CT molecular complexity index is 1200. The van der Waals surface area contributed by atoms with E-state index in [4.69, 9.17) is 4.74 Å². The normalized spacial score (nSPS) is 15.6. The molecule has 144 valence electrons. The van der Waals surface area contributed by atoms with E-state index in [9.17, 15) is 9.90 Å². The lowest BCUT2D eigenvalue weighted by Crippen LogP contribution is -2.38. The molecule has 0 bridgehead atoms. The average molecular weight is 396 g/mol. The molecule has 0 aliphatic carbocycles. The Morgan fingerprint density at radius 1 is 1.21 bits per heavy atom. The fraction of sp³-hybridized carbons (Fsp3) is 0.300. The molecule has 1 aliphatic rings. The van der Waals surface area contributed by atoms with Crippen LogP contribution < -0.4 is 5.56 Å². The Balaban J connectivity index is 1.54. The minimum Gasteiger partial charge on any atom is -0.507 e. The zero-order valence-corrected chi connectivity index (χ0v) is 16.0. The maximum atomic E-state index is 12.3. The van der Waals surface area contributed by atoms with E-state index in [1.165, 1.54) is 11.3 Å². The molecule has 0 saturated carbocycles. The van der Waals surface area contributed by atoms with Gasteiger partial charge in [0.15, 0.2) is 0 Å². The second-order valence-corrected chi connectivity index (χ2v) is 7.86. The van der Waals surface area contributed by atoms with Crippen LogP contribution in [0.25, 0.3) is 32.1 Å². The highest BCUT2D eigenvalue weighted by Crippen LogP contribution is 2.39. The van der Waals surface area contributed by atoms with Crippen molar-refractivity contribution in [1.82, 2.24) is 19.7 Å². The molecule has 8 heteroatoms. The van der Waals surface area contributed by atoms with Crippen LogP contribution in [0.4, 0.5) is 0 Å². The van der Waals surface area contributed by atoms with Gasteiger partial charge in [-0.15, -0.1) is 11.3 Å². The van der Waals surface area contributed by atoms with E-state index in [-0.39, 0.29) is 11.3 Å². The number of morpholine rings is 1. The Hall–Kier alpha value is -2.68. The van der Waals surface area contributed by atoms with Gasteiger partial charge >= 0.3 is 0 Å². The fourth-order valence-corrected chi connectivity index (χ4v) is 4.61. The Labute approximate surface area is 164 Å². The van der Waals surface area contributed by atoms with E-state index >= 15 is 0 Å². The van der Waals surface area contributed by atoms with Gasteiger partial charge in [-0.25, -0.2) is 0 Å². The van der Waals surface area contributed by atoms with Crippen LogP contribution in [0.2, 0.25) is 0 Å². The van der Waals surface area contributed by atoms with Gasteiger partial charge in [0.1, 0.15) is 10.4 Å². The van der Waals surface area contributed by atoms with Crippen LogP contribution in [0, 0.1) is 0 Å². The van der Waals surface area contributed by atoms with Gasteiger partial charge in [-0.1, -0.05) is 0 Å². The summed E-state index contributed by atoms with van der Waals surface area (Å²) in [7, 11) is 0. The number of phenols is 1. The Morgan fingerprint density at radius 3 is 2.93 bits per heavy atom. The Morgan fingerprint density at radius 2 is 2.07 bits per heavy atom. The SMILES string of the molecule is O=c1[nH]c2ccc(O)c(-c3cnn(CCN4CCOCC4)c3)c2c2ccsc12. The number of phenolic OH excluding ortho intramolecular Hbond substituents is 1. The average Bonchev–Trinajstić information content (AvgIpc) is 3.38. The summed E-state index contributed by atoms with van der Waals surface area (Å²) in [5.41, 5.74) is 2.15. The summed E-state index contributed by atoms with van der Waals surface area (Å²) < 4.78 is 7.96. The molecule has 1 aliphatic heterocycles. The van der Waals surface area contributed by atoms with Gasteiger partial charge in [0.25, 0.3) is 5.56 Å². The second-order valence-electron chi connectivity index (χ2n) is 6.95. The van der Waals surface area contributed by atoms with Crippen molar-refractivity contribution in [3.05, 3.63) is 46.3 Å². The summed E-state index contributed by atoms with van der Waals surface area (Å²) in [5.74, 6) is 0.180. The highest BCUT2D eigenvalue weighted by Gasteiger charge is 2.17. The molecule has 3 aromatic heterocycles. The molecule has 1 fully saturated rings. The van der Waals surface area contributed by atoms with Crippen molar-refractivity contribution < 1.29 is 9.84 Å². The largest absolute Gasteiger partial charge is 0.507 e. The molecule has 4 heterocycles. The highest BCUT2D eigenvalue weighted by molar-refractivity contribution is 7.17. The first kappa shape index (κ1) is 17.4. The lowest BCUT2D eigenvalue weighted by molar-refractivity contribution is 0.0360. The molecule has 0 atom stereocenters. The van der Waals surface area contributed by atoms with Crippen LogP contribution in [-0.4, -0.2) is 57.6 Å². The van der Waals surface area contributed by atoms with Gasteiger partial charge in [-0.05, 0) is 23.6 Å². The number of ether oxygens (including phenoxy) is 1. The molecule has 4 aromatic rings. The molecule has 1 aromatic carbocycles. The molecule has 5 rings (SSSR count). The van der Waals surface area contributed by atoms with Crippen LogP contribution in [-0.2, 0) is 11.3 Å². The number of aromatic amines is 1. The number of nitrogens with zero attached hydrogens (tertiary/aromatic N) is 3. The number of thiophene rings is 1. The fourth-order valence-electron chi connectivity index (χ4n) is 3.81. The summed E-state index contributed by atoms with van der Waals surface area (Å²) >= 11 is 1.41. The number of aromatic nitrogens is 3. The molecule has 28 heavy (non-hydrogen) atoms. The quantitative estimate of drug-likeness (QED) is 0.554. The monoisotopic (exact) mass is 396 g/mol. The summed E-state index contributed by atoms with van der Waals surface area (Å²) in [6.45, 7) is 5.14. The van der Waals surface area contributed by atoms with Gasteiger partial charge < -0.3 is 14.8 Å². The molecule has 7 nitrogen and oxygen atoms in total.